The first kappa shape index (κ1) is 21.6. The SMILES string of the molecule is Cc1ccc(-c2ccc3c(CC(=O)NCCN(C)C4CCCCC4)c[nH]c3c2)c(F)c1. The minimum atomic E-state index is -0.219. The fourth-order valence-corrected chi connectivity index (χ4v) is 4.67. The van der Waals surface area contributed by atoms with Gasteiger partial charge < -0.3 is 15.2 Å². The molecule has 0 saturated heterocycles. The van der Waals surface area contributed by atoms with Crippen molar-refractivity contribution in [3.63, 3.8) is 0 Å². The number of aromatic nitrogens is 1. The first-order valence-corrected chi connectivity index (χ1v) is 11.3. The number of carbonyl (C=O) groups is 1. The van der Waals surface area contributed by atoms with Crippen LogP contribution in [0.3, 0.4) is 0 Å². The van der Waals surface area contributed by atoms with E-state index in [9.17, 15) is 9.18 Å². The Labute approximate surface area is 183 Å². The van der Waals surface area contributed by atoms with Crippen molar-refractivity contribution in [1.82, 2.24) is 15.2 Å². The fraction of sp³-hybridized carbons (Fsp3) is 0.423. The first-order valence-electron chi connectivity index (χ1n) is 11.3. The van der Waals surface area contributed by atoms with Crippen molar-refractivity contribution in [3.05, 3.63) is 59.5 Å². The monoisotopic (exact) mass is 421 g/mol. The molecule has 1 fully saturated rings. The van der Waals surface area contributed by atoms with Crippen molar-refractivity contribution >= 4 is 16.8 Å². The zero-order chi connectivity index (χ0) is 21.8. The van der Waals surface area contributed by atoms with Gasteiger partial charge in [-0.05, 0) is 55.6 Å². The number of fused-ring (bicyclic) bond motifs is 1. The number of aryl methyl sites for hydroxylation is 1. The highest BCUT2D eigenvalue weighted by Gasteiger charge is 2.18. The summed E-state index contributed by atoms with van der Waals surface area (Å²) in [5.41, 5.74) is 4.19. The largest absolute Gasteiger partial charge is 0.361 e. The van der Waals surface area contributed by atoms with E-state index in [4.69, 9.17) is 0 Å². The van der Waals surface area contributed by atoms with Gasteiger partial charge in [0.05, 0.1) is 6.42 Å². The standard InChI is InChI=1S/C26H32FN3O/c1-18-8-10-22(24(27)14-18)19-9-11-23-20(17-29-25(23)15-19)16-26(31)28-12-13-30(2)21-6-4-3-5-7-21/h8-11,14-15,17,21,29H,3-7,12-13,16H2,1-2H3,(H,28,31). The third-order valence-electron chi connectivity index (χ3n) is 6.54. The van der Waals surface area contributed by atoms with Crippen LogP contribution in [0.15, 0.2) is 42.6 Å². The molecule has 0 spiro atoms. The maximum absolute atomic E-state index is 14.3. The number of carbonyl (C=O) groups excluding carboxylic acids is 1. The first-order chi connectivity index (χ1) is 15.0. The highest BCUT2D eigenvalue weighted by atomic mass is 19.1. The Bertz CT molecular complexity index is 1050. The normalized spacial score (nSPS) is 15.0. The molecule has 0 bridgehead atoms. The van der Waals surface area contributed by atoms with Crippen LogP contribution in [0.5, 0.6) is 0 Å². The summed E-state index contributed by atoms with van der Waals surface area (Å²) in [4.78, 5) is 18.1. The Morgan fingerprint density at radius 2 is 1.97 bits per heavy atom. The molecule has 1 aliphatic rings. The summed E-state index contributed by atoms with van der Waals surface area (Å²) >= 11 is 0. The number of rotatable bonds is 7. The third-order valence-corrected chi connectivity index (χ3v) is 6.54. The maximum Gasteiger partial charge on any atom is 0.224 e. The number of aromatic amines is 1. The van der Waals surface area contributed by atoms with Gasteiger partial charge in [0.25, 0.3) is 0 Å². The Balaban J connectivity index is 1.35. The van der Waals surface area contributed by atoms with Crippen LogP contribution in [0, 0.1) is 12.7 Å². The Morgan fingerprint density at radius 1 is 1.16 bits per heavy atom. The average Bonchev–Trinajstić information content (AvgIpc) is 3.16. The van der Waals surface area contributed by atoms with E-state index < -0.39 is 0 Å². The van der Waals surface area contributed by atoms with Gasteiger partial charge in [-0.15, -0.1) is 0 Å². The van der Waals surface area contributed by atoms with Gasteiger partial charge >= 0.3 is 0 Å². The number of H-pyrrole nitrogens is 1. The summed E-state index contributed by atoms with van der Waals surface area (Å²) in [6.07, 6.45) is 8.76. The molecule has 0 unspecified atom stereocenters. The lowest BCUT2D eigenvalue weighted by Crippen LogP contribution is -2.39. The predicted octanol–water partition coefficient (Wildman–Crippen LogP) is 5.21. The van der Waals surface area contributed by atoms with Gasteiger partial charge in [0, 0.05) is 41.8 Å². The smallest absolute Gasteiger partial charge is 0.224 e. The molecule has 4 rings (SSSR count). The highest BCUT2D eigenvalue weighted by molar-refractivity contribution is 5.91. The van der Waals surface area contributed by atoms with Crippen LogP contribution in [0.1, 0.15) is 43.2 Å². The topological polar surface area (TPSA) is 48.1 Å². The molecule has 31 heavy (non-hydrogen) atoms. The number of hydrogen-bond donors (Lipinski definition) is 2. The van der Waals surface area contributed by atoms with Crippen LogP contribution in [0.25, 0.3) is 22.0 Å². The van der Waals surface area contributed by atoms with E-state index in [0.717, 1.165) is 34.1 Å². The molecule has 0 atom stereocenters. The van der Waals surface area contributed by atoms with Crippen LogP contribution in [0.4, 0.5) is 4.39 Å². The van der Waals surface area contributed by atoms with Crippen molar-refractivity contribution in [1.29, 1.82) is 0 Å². The molecule has 5 heteroatoms. The number of nitrogens with zero attached hydrogens (tertiary/aromatic N) is 1. The molecule has 1 heterocycles. The zero-order valence-corrected chi connectivity index (χ0v) is 18.5. The molecular formula is C26H32FN3O. The summed E-state index contributed by atoms with van der Waals surface area (Å²) < 4.78 is 14.3. The molecule has 0 aliphatic heterocycles. The third kappa shape index (κ3) is 5.16. The second-order valence-electron chi connectivity index (χ2n) is 8.86. The molecule has 1 aromatic heterocycles. The highest BCUT2D eigenvalue weighted by Crippen LogP contribution is 2.28. The van der Waals surface area contributed by atoms with E-state index in [1.54, 1.807) is 6.07 Å². The van der Waals surface area contributed by atoms with Crippen LogP contribution >= 0.6 is 0 Å². The van der Waals surface area contributed by atoms with Gasteiger partial charge in [0.2, 0.25) is 5.91 Å². The number of benzene rings is 2. The molecule has 164 valence electrons. The Morgan fingerprint density at radius 3 is 2.74 bits per heavy atom. The van der Waals surface area contributed by atoms with Crippen molar-refractivity contribution in [2.24, 2.45) is 0 Å². The van der Waals surface area contributed by atoms with E-state index in [-0.39, 0.29) is 11.7 Å². The van der Waals surface area contributed by atoms with E-state index >= 15 is 0 Å². The number of amides is 1. The van der Waals surface area contributed by atoms with E-state index in [1.165, 1.54) is 32.1 Å². The molecule has 2 N–H and O–H groups in total. The summed E-state index contributed by atoms with van der Waals surface area (Å²) in [6, 6.07) is 11.8. The van der Waals surface area contributed by atoms with Crippen molar-refractivity contribution in [2.45, 2.75) is 51.5 Å². The number of likely N-dealkylation sites (N-methyl/N-ethyl adjacent to an activating group) is 1. The summed E-state index contributed by atoms with van der Waals surface area (Å²) in [6.45, 7) is 3.44. The molecular weight excluding hydrogens is 389 g/mol. The van der Waals surface area contributed by atoms with Crippen LogP contribution in [0.2, 0.25) is 0 Å². The Kier molecular flexibility index (Phi) is 6.71. The second-order valence-corrected chi connectivity index (χ2v) is 8.86. The predicted molar refractivity (Wildman–Crippen MR) is 125 cm³/mol. The lowest BCUT2D eigenvalue weighted by molar-refractivity contribution is -0.120. The van der Waals surface area contributed by atoms with Crippen molar-refractivity contribution < 1.29 is 9.18 Å². The maximum atomic E-state index is 14.3. The lowest BCUT2D eigenvalue weighted by Gasteiger charge is -2.31. The van der Waals surface area contributed by atoms with Gasteiger partial charge in [0.15, 0.2) is 0 Å². The summed E-state index contributed by atoms with van der Waals surface area (Å²) in [5, 5.41) is 4.07. The van der Waals surface area contributed by atoms with E-state index in [1.807, 2.05) is 43.5 Å². The quantitative estimate of drug-likeness (QED) is 0.550. The minimum Gasteiger partial charge on any atom is -0.361 e. The number of hydrogen-bond acceptors (Lipinski definition) is 2. The van der Waals surface area contributed by atoms with E-state index in [0.29, 0.717) is 24.6 Å². The second kappa shape index (κ2) is 9.65. The molecule has 4 nitrogen and oxygen atoms in total. The number of halogens is 1. The van der Waals surface area contributed by atoms with Gasteiger partial charge in [-0.2, -0.15) is 0 Å². The zero-order valence-electron chi connectivity index (χ0n) is 18.5. The van der Waals surface area contributed by atoms with Crippen molar-refractivity contribution in [3.8, 4) is 11.1 Å². The average molecular weight is 422 g/mol. The summed E-state index contributed by atoms with van der Waals surface area (Å²) in [7, 11) is 2.16. The minimum absolute atomic E-state index is 0.0339. The summed E-state index contributed by atoms with van der Waals surface area (Å²) in [5.74, 6) is -0.185. The molecule has 3 aromatic rings. The van der Waals surface area contributed by atoms with Crippen LogP contribution in [-0.2, 0) is 11.2 Å². The van der Waals surface area contributed by atoms with Gasteiger partial charge in [-0.25, -0.2) is 4.39 Å². The van der Waals surface area contributed by atoms with Gasteiger partial charge in [-0.1, -0.05) is 43.5 Å². The lowest BCUT2D eigenvalue weighted by atomic mass is 9.94. The number of nitrogens with one attached hydrogen (secondary N) is 2. The molecule has 1 aliphatic carbocycles. The Hall–Kier alpha value is -2.66. The molecule has 1 amide bonds. The van der Waals surface area contributed by atoms with Gasteiger partial charge in [0.1, 0.15) is 5.82 Å². The molecule has 2 aromatic carbocycles. The van der Waals surface area contributed by atoms with Crippen LogP contribution in [-0.4, -0.2) is 42.0 Å². The molecule has 0 radical (unpaired) electrons. The van der Waals surface area contributed by atoms with E-state index in [2.05, 4.69) is 22.2 Å². The fourth-order valence-electron chi connectivity index (χ4n) is 4.67. The van der Waals surface area contributed by atoms with Crippen LogP contribution < -0.4 is 5.32 Å². The van der Waals surface area contributed by atoms with Gasteiger partial charge in [-0.3, -0.25) is 4.79 Å². The van der Waals surface area contributed by atoms with Crippen molar-refractivity contribution in [2.75, 3.05) is 20.1 Å². The molecule has 1 saturated carbocycles.